The molecule has 0 aliphatic rings. The number of carboxylic acids is 2. The van der Waals surface area contributed by atoms with Crippen molar-refractivity contribution < 1.29 is 24.6 Å². The molecule has 1 heterocycles. The lowest BCUT2D eigenvalue weighted by molar-refractivity contribution is -0.116. The van der Waals surface area contributed by atoms with Crippen molar-refractivity contribution in [1.82, 2.24) is 15.0 Å². The number of carboxylic acid groups (broad SMARTS) is 2. The van der Waals surface area contributed by atoms with E-state index < -0.39 is 35.8 Å². The van der Waals surface area contributed by atoms with Crippen LogP contribution in [0.3, 0.4) is 0 Å². The van der Waals surface area contributed by atoms with E-state index in [4.69, 9.17) is 21.8 Å². The van der Waals surface area contributed by atoms with E-state index in [-0.39, 0.29) is 0 Å². The largest absolute Gasteiger partial charge is 0.476 e. The third-order valence-corrected chi connectivity index (χ3v) is 3.30. The highest BCUT2D eigenvalue weighted by atomic mass is 35.5. The lowest BCUT2D eigenvalue weighted by atomic mass is 10.2. The minimum atomic E-state index is -1.54. The molecule has 1 aromatic heterocycles. The lowest BCUT2D eigenvalue weighted by Crippen LogP contribution is -2.23. The van der Waals surface area contributed by atoms with Gasteiger partial charge in [-0.25, -0.2) is 14.3 Å². The van der Waals surface area contributed by atoms with Gasteiger partial charge in [-0.2, -0.15) is 0 Å². The molecule has 0 saturated heterocycles. The van der Waals surface area contributed by atoms with Crippen molar-refractivity contribution in [3.05, 3.63) is 40.2 Å². The molecule has 1 aromatic carbocycles. The van der Waals surface area contributed by atoms with E-state index in [9.17, 15) is 14.4 Å². The molecule has 10 heteroatoms. The number of carbonyl (C=O) groups excluding carboxylic acids is 1. The van der Waals surface area contributed by atoms with Gasteiger partial charge >= 0.3 is 11.9 Å². The number of amides is 1. The van der Waals surface area contributed by atoms with Crippen LogP contribution in [-0.4, -0.2) is 43.1 Å². The predicted molar refractivity (Wildman–Crippen MR) is 78.8 cm³/mol. The third-order valence-electron chi connectivity index (χ3n) is 2.89. The van der Waals surface area contributed by atoms with E-state index in [0.29, 0.717) is 15.4 Å². The highest BCUT2D eigenvalue weighted by molar-refractivity contribution is 6.31. The normalized spacial score (nSPS) is 10.3. The van der Waals surface area contributed by atoms with Gasteiger partial charge in [0.25, 0.3) is 0 Å². The standard InChI is InChI=1S/C13H11ClN4O5/c1-6-2-3-7(4-8(6)14)15-9(19)5-18-11(13(22)23)10(12(20)21)16-17-18/h2-4H,5H2,1H3,(H,15,19)(H,20,21)(H,22,23). The van der Waals surface area contributed by atoms with E-state index in [1.54, 1.807) is 19.1 Å². The van der Waals surface area contributed by atoms with Crippen LogP contribution in [0.2, 0.25) is 5.02 Å². The maximum absolute atomic E-state index is 11.9. The van der Waals surface area contributed by atoms with Crippen LogP contribution in [0.1, 0.15) is 26.5 Å². The quantitative estimate of drug-likeness (QED) is 0.747. The highest BCUT2D eigenvalue weighted by Gasteiger charge is 2.25. The summed E-state index contributed by atoms with van der Waals surface area (Å²) in [4.78, 5) is 34.0. The topological polar surface area (TPSA) is 134 Å². The van der Waals surface area contributed by atoms with Crippen LogP contribution >= 0.6 is 11.6 Å². The second-order valence-electron chi connectivity index (χ2n) is 4.57. The molecule has 3 N–H and O–H groups in total. The van der Waals surface area contributed by atoms with Gasteiger partial charge in [0.05, 0.1) is 0 Å². The number of rotatable bonds is 5. The summed E-state index contributed by atoms with van der Waals surface area (Å²) in [6.07, 6.45) is 0. The van der Waals surface area contributed by atoms with Crippen LogP contribution in [0.15, 0.2) is 18.2 Å². The van der Waals surface area contributed by atoms with Gasteiger partial charge in [-0.1, -0.05) is 22.9 Å². The first kappa shape index (κ1) is 16.4. The zero-order valence-corrected chi connectivity index (χ0v) is 12.5. The molecule has 2 aromatic rings. The molecule has 0 atom stereocenters. The minimum absolute atomic E-state index is 0.418. The number of anilines is 1. The molecular formula is C13H11ClN4O5. The first-order valence-electron chi connectivity index (χ1n) is 6.25. The number of aromatic nitrogens is 3. The molecule has 0 aliphatic carbocycles. The molecule has 120 valence electrons. The van der Waals surface area contributed by atoms with Gasteiger partial charge in [0.1, 0.15) is 6.54 Å². The van der Waals surface area contributed by atoms with Gasteiger partial charge < -0.3 is 15.5 Å². The molecule has 1 amide bonds. The Bertz CT molecular complexity index is 802. The number of benzene rings is 1. The van der Waals surface area contributed by atoms with Crippen LogP contribution in [0, 0.1) is 6.92 Å². The van der Waals surface area contributed by atoms with Gasteiger partial charge in [0.2, 0.25) is 11.6 Å². The Hall–Kier alpha value is -2.94. The molecule has 0 radical (unpaired) electrons. The summed E-state index contributed by atoms with van der Waals surface area (Å²) >= 11 is 5.94. The summed E-state index contributed by atoms with van der Waals surface area (Å²) in [6.45, 7) is 1.29. The van der Waals surface area contributed by atoms with E-state index in [0.717, 1.165) is 5.56 Å². The average molecular weight is 339 g/mol. The van der Waals surface area contributed by atoms with Crippen molar-refractivity contribution in [2.24, 2.45) is 0 Å². The fourth-order valence-electron chi connectivity index (χ4n) is 1.79. The third kappa shape index (κ3) is 3.64. The minimum Gasteiger partial charge on any atom is -0.476 e. The van der Waals surface area contributed by atoms with Crippen LogP contribution in [0.4, 0.5) is 5.69 Å². The van der Waals surface area contributed by atoms with E-state index in [2.05, 4.69) is 15.6 Å². The smallest absolute Gasteiger partial charge is 0.359 e. The summed E-state index contributed by atoms with van der Waals surface area (Å²) in [6, 6.07) is 4.87. The Morgan fingerprint density at radius 2 is 1.96 bits per heavy atom. The highest BCUT2D eigenvalue weighted by Crippen LogP contribution is 2.20. The number of hydrogen-bond acceptors (Lipinski definition) is 5. The van der Waals surface area contributed by atoms with Crippen molar-refractivity contribution in [2.75, 3.05) is 5.32 Å². The molecule has 2 rings (SSSR count). The number of halogens is 1. The van der Waals surface area contributed by atoms with Gasteiger partial charge in [-0.3, -0.25) is 4.79 Å². The zero-order chi connectivity index (χ0) is 17.1. The fraction of sp³-hybridized carbons (Fsp3) is 0.154. The van der Waals surface area contributed by atoms with Gasteiger partial charge in [-0.15, -0.1) is 5.10 Å². The summed E-state index contributed by atoms with van der Waals surface area (Å²) in [5.74, 6) is -3.69. The second-order valence-corrected chi connectivity index (χ2v) is 4.97. The maximum Gasteiger partial charge on any atom is 0.359 e. The van der Waals surface area contributed by atoms with Crippen molar-refractivity contribution in [2.45, 2.75) is 13.5 Å². The Labute approximate surface area is 134 Å². The lowest BCUT2D eigenvalue weighted by Gasteiger charge is -2.07. The Balaban J connectivity index is 2.18. The van der Waals surface area contributed by atoms with Crippen LogP contribution < -0.4 is 5.32 Å². The Morgan fingerprint density at radius 3 is 2.52 bits per heavy atom. The summed E-state index contributed by atoms with van der Waals surface area (Å²) in [5, 5.41) is 27.5. The van der Waals surface area contributed by atoms with E-state index in [1.807, 2.05) is 0 Å². The molecular weight excluding hydrogens is 328 g/mol. The van der Waals surface area contributed by atoms with E-state index in [1.165, 1.54) is 6.07 Å². The van der Waals surface area contributed by atoms with Crippen LogP contribution in [0.5, 0.6) is 0 Å². The number of aromatic carboxylic acids is 2. The number of nitrogens with one attached hydrogen (secondary N) is 1. The van der Waals surface area contributed by atoms with Gasteiger partial charge in [0, 0.05) is 10.7 Å². The molecule has 0 aliphatic heterocycles. The zero-order valence-electron chi connectivity index (χ0n) is 11.8. The van der Waals surface area contributed by atoms with Crippen LogP contribution in [-0.2, 0) is 11.3 Å². The fourth-order valence-corrected chi connectivity index (χ4v) is 1.97. The van der Waals surface area contributed by atoms with Crippen molar-refractivity contribution >= 4 is 35.1 Å². The number of nitrogens with zero attached hydrogens (tertiary/aromatic N) is 3. The maximum atomic E-state index is 11.9. The monoisotopic (exact) mass is 338 g/mol. The first-order valence-corrected chi connectivity index (χ1v) is 6.63. The van der Waals surface area contributed by atoms with E-state index >= 15 is 0 Å². The molecule has 0 unspecified atom stereocenters. The number of hydrogen-bond donors (Lipinski definition) is 3. The SMILES string of the molecule is Cc1ccc(NC(=O)Cn2nnc(C(=O)O)c2C(=O)O)cc1Cl. The van der Waals surface area contributed by atoms with Gasteiger partial charge in [0.15, 0.2) is 5.69 Å². The van der Waals surface area contributed by atoms with Crippen molar-refractivity contribution in [3.63, 3.8) is 0 Å². The second kappa shape index (κ2) is 6.44. The van der Waals surface area contributed by atoms with Crippen molar-refractivity contribution in [1.29, 1.82) is 0 Å². The molecule has 23 heavy (non-hydrogen) atoms. The predicted octanol–water partition coefficient (Wildman–Crippen LogP) is 1.28. The summed E-state index contributed by atoms with van der Waals surface area (Å²) < 4.78 is 0.705. The number of carbonyl (C=O) groups is 3. The molecule has 0 bridgehead atoms. The van der Waals surface area contributed by atoms with Crippen molar-refractivity contribution in [3.8, 4) is 0 Å². The van der Waals surface area contributed by atoms with Gasteiger partial charge in [-0.05, 0) is 24.6 Å². The molecule has 9 nitrogen and oxygen atoms in total. The molecule has 0 spiro atoms. The Kier molecular flexibility index (Phi) is 4.60. The number of aryl methyl sites for hydroxylation is 1. The molecule has 0 saturated carbocycles. The average Bonchev–Trinajstić information content (AvgIpc) is 2.86. The summed E-state index contributed by atoms with van der Waals surface area (Å²) in [7, 11) is 0. The van der Waals surface area contributed by atoms with Crippen LogP contribution in [0.25, 0.3) is 0 Å². The first-order chi connectivity index (χ1) is 10.8. The Morgan fingerprint density at radius 1 is 1.26 bits per heavy atom. The summed E-state index contributed by atoms with van der Waals surface area (Å²) in [5.41, 5.74) is -0.153. The molecule has 0 fully saturated rings.